The Morgan fingerprint density at radius 1 is 1.08 bits per heavy atom. The fraction of sp³-hybridized carbons (Fsp3) is 0.316. The number of aryl methyl sites for hydroxylation is 1. The first-order valence-corrected chi connectivity index (χ1v) is 9.67. The van der Waals surface area contributed by atoms with Gasteiger partial charge in [-0.2, -0.15) is 0 Å². The second-order valence-electron chi connectivity index (χ2n) is 6.56. The van der Waals surface area contributed by atoms with Crippen molar-refractivity contribution in [2.24, 2.45) is 5.41 Å². The minimum Gasteiger partial charge on any atom is -0.273 e. The first-order valence-electron chi connectivity index (χ1n) is 8.23. The van der Waals surface area contributed by atoms with Gasteiger partial charge < -0.3 is 0 Å². The molecule has 0 spiro atoms. The maximum absolute atomic E-state index is 13.9. The minimum absolute atomic E-state index is 0.0683. The van der Waals surface area contributed by atoms with Crippen LogP contribution in [-0.4, -0.2) is 31.6 Å². The molecule has 2 aromatic carbocycles. The molecule has 1 heterocycles. The largest absolute Gasteiger partial charge is 0.273 e. The highest BCUT2D eigenvalue weighted by atomic mass is 32.2. The third-order valence-electron chi connectivity index (χ3n) is 4.80. The van der Waals surface area contributed by atoms with Crippen LogP contribution in [0.1, 0.15) is 17.5 Å². The van der Waals surface area contributed by atoms with Crippen LogP contribution in [0.2, 0.25) is 0 Å². The number of amides is 1. The Bertz CT molecular complexity index is 898. The van der Waals surface area contributed by atoms with E-state index in [4.69, 9.17) is 0 Å². The predicted octanol–water partition coefficient (Wildman–Crippen LogP) is 3.41. The summed E-state index contributed by atoms with van der Waals surface area (Å²) in [4.78, 5) is 12.8. The second kappa shape index (κ2) is 6.79. The predicted molar refractivity (Wildman–Crippen MR) is 93.3 cm³/mol. The summed E-state index contributed by atoms with van der Waals surface area (Å²) in [6.45, 7) is 1.56. The first-order chi connectivity index (χ1) is 12.3. The van der Waals surface area contributed by atoms with Gasteiger partial charge in [0.2, 0.25) is 5.91 Å². The number of carbonyl (C=O) groups excluding carboxylic acids is 1. The van der Waals surface area contributed by atoms with E-state index >= 15 is 0 Å². The Hall–Kier alpha value is -2.28. The van der Waals surface area contributed by atoms with E-state index in [1.807, 2.05) is 0 Å². The number of nitrogens with zero attached hydrogens (tertiary/aromatic N) is 1. The van der Waals surface area contributed by atoms with E-state index in [1.165, 1.54) is 12.1 Å². The maximum atomic E-state index is 13.9. The monoisotopic (exact) mass is 379 g/mol. The van der Waals surface area contributed by atoms with E-state index in [0.29, 0.717) is 9.87 Å². The summed E-state index contributed by atoms with van der Waals surface area (Å²) in [5, 5.41) is 0. The molecule has 1 aliphatic heterocycles. The molecule has 0 radical (unpaired) electrons. The van der Waals surface area contributed by atoms with Crippen LogP contribution in [0.25, 0.3) is 0 Å². The van der Waals surface area contributed by atoms with Crippen molar-refractivity contribution < 1.29 is 22.0 Å². The number of carbonyl (C=O) groups is 1. The molecule has 1 fully saturated rings. The third-order valence-corrected chi connectivity index (χ3v) is 6.60. The first kappa shape index (κ1) is 18.5. The molecular weight excluding hydrogens is 360 g/mol. The molecule has 0 saturated carbocycles. The van der Waals surface area contributed by atoms with E-state index in [-0.39, 0.29) is 24.3 Å². The van der Waals surface area contributed by atoms with Crippen LogP contribution >= 0.6 is 0 Å². The summed E-state index contributed by atoms with van der Waals surface area (Å²) < 4.78 is 54.0. The van der Waals surface area contributed by atoms with Crippen LogP contribution < -0.4 is 0 Å². The van der Waals surface area contributed by atoms with Gasteiger partial charge in [-0.1, -0.05) is 48.0 Å². The van der Waals surface area contributed by atoms with Crippen LogP contribution in [0.3, 0.4) is 0 Å². The van der Waals surface area contributed by atoms with Gasteiger partial charge in [-0.05, 0) is 37.5 Å². The molecule has 3 rings (SSSR count). The zero-order valence-corrected chi connectivity index (χ0v) is 15.0. The summed E-state index contributed by atoms with van der Waals surface area (Å²) >= 11 is 0. The standard InChI is InChI=1S/C19H19F2NO3S/c1-14-7-9-16(10-8-14)26(24,25)22-12-11-19(17(20)21,18(22)23)13-15-5-3-2-4-6-15/h2-10,17H,11-13H2,1H3. The highest BCUT2D eigenvalue weighted by Gasteiger charge is 2.56. The molecule has 0 aromatic heterocycles. The number of rotatable bonds is 5. The second-order valence-corrected chi connectivity index (χ2v) is 8.43. The maximum Gasteiger partial charge on any atom is 0.266 e. The molecule has 0 bridgehead atoms. The van der Waals surface area contributed by atoms with Crippen molar-refractivity contribution in [3.8, 4) is 0 Å². The molecular formula is C19H19F2NO3S. The number of halogens is 2. The van der Waals surface area contributed by atoms with Gasteiger partial charge in [0, 0.05) is 6.54 Å². The minimum atomic E-state index is -4.15. The fourth-order valence-electron chi connectivity index (χ4n) is 3.23. The number of alkyl halides is 2. The molecule has 4 nitrogen and oxygen atoms in total. The fourth-order valence-corrected chi connectivity index (χ4v) is 4.69. The number of sulfonamides is 1. The molecule has 1 aliphatic rings. The quantitative estimate of drug-likeness (QED) is 0.800. The molecule has 1 unspecified atom stereocenters. The third kappa shape index (κ3) is 3.11. The van der Waals surface area contributed by atoms with Gasteiger partial charge in [-0.3, -0.25) is 4.79 Å². The molecule has 26 heavy (non-hydrogen) atoms. The summed E-state index contributed by atoms with van der Waals surface area (Å²) in [6, 6.07) is 14.5. The Balaban J connectivity index is 1.95. The van der Waals surface area contributed by atoms with Gasteiger partial charge in [0.05, 0.1) is 4.90 Å². The van der Waals surface area contributed by atoms with Crippen molar-refractivity contribution in [1.29, 1.82) is 0 Å². The van der Waals surface area contributed by atoms with Gasteiger partial charge in [0.1, 0.15) is 5.41 Å². The number of hydrogen-bond acceptors (Lipinski definition) is 3. The molecule has 7 heteroatoms. The van der Waals surface area contributed by atoms with Crippen LogP contribution in [0.15, 0.2) is 59.5 Å². The molecule has 0 N–H and O–H groups in total. The summed E-state index contributed by atoms with van der Waals surface area (Å²) in [6.07, 6.45) is -3.35. The highest BCUT2D eigenvalue weighted by Crippen LogP contribution is 2.43. The van der Waals surface area contributed by atoms with E-state index in [9.17, 15) is 22.0 Å². The van der Waals surface area contributed by atoms with E-state index in [0.717, 1.165) is 5.56 Å². The number of hydrogen-bond donors (Lipinski definition) is 0. The lowest BCUT2D eigenvalue weighted by atomic mass is 9.80. The van der Waals surface area contributed by atoms with Crippen molar-refractivity contribution >= 4 is 15.9 Å². The van der Waals surface area contributed by atoms with Gasteiger partial charge in [-0.25, -0.2) is 21.5 Å². The Kier molecular flexibility index (Phi) is 4.84. The van der Waals surface area contributed by atoms with Crippen LogP contribution in [0, 0.1) is 12.3 Å². The van der Waals surface area contributed by atoms with E-state index in [2.05, 4.69) is 0 Å². The average molecular weight is 379 g/mol. The van der Waals surface area contributed by atoms with Gasteiger partial charge in [-0.15, -0.1) is 0 Å². The lowest BCUT2D eigenvalue weighted by Crippen LogP contribution is -2.43. The van der Waals surface area contributed by atoms with Crippen LogP contribution in [0.4, 0.5) is 8.78 Å². The van der Waals surface area contributed by atoms with Crippen molar-refractivity contribution in [1.82, 2.24) is 4.31 Å². The van der Waals surface area contributed by atoms with Gasteiger partial charge >= 0.3 is 0 Å². The Labute approximate surface area is 151 Å². The van der Waals surface area contributed by atoms with Gasteiger partial charge in [0.25, 0.3) is 16.4 Å². The van der Waals surface area contributed by atoms with Crippen LogP contribution in [0.5, 0.6) is 0 Å². The van der Waals surface area contributed by atoms with E-state index in [1.54, 1.807) is 49.4 Å². The molecule has 2 aromatic rings. The van der Waals surface area contributed by atoms with Crippen molar-refractivity contribution in [2.45, 2.75) is 31.1 Å². The smallest absolute Gasteiger partial charge is 0.266 e. The zero-order chi connectivity index (χ0) is 18.9. The molecule has 138 valence electrons. The summed E-state index contributed by atoms with van der Waals surface area (Å²) in [5.74, 6) is -1.03. The zero-order valence-electron chi connectivity index (χ0n) is 14.2. The highest BCUT2D eigenvalue weighted by molar-refractivity contribution is 7.89. The van der Waals surface area contributed by atoms with Crippen LogP contribution in [-0.2, 0) is 21.2 Å². The Morgan fingerprint density at radius 2 is 1.69 bits per heavy atom. The lowest BCUT2D eigenvalue weighted by Gasteiger charge is -2.27. The van der Waals surface area contributed by atoms with E-state index < -0.39 is 27.8 Å². The molecule has 1 amide bonds. The summed E-state index contributed by atoms with van der Waals surface area (Å²) in [7, 11) is -4.15. The molecule has 1 saturated heterocycles. The van der Waals surface area contributed by atoms with Crippen molar-refractivity contribution in [3.05, 3.63) is 65.7 Å². The SMILES string of the molecule is Cc1ccc(S(=O)(=O)N2CCC(Cc3ccccc3)(C(F)F)C2=O)cc1. The van der Waals surface area contributed by atoms with Crippen molar-refractivity contribution in [3.63, 3.8) is 0 Å². The van der Waals surface area contributed by atoms with Crippen molar-refractivity contribution in [2.75, 3.05) is 6.54 Å². The van der Waals surface area contributed by atoms with Gasteiger partial charge in [0.15, 0.2) is 0 Å². The average Bonchev–Trinajstić information content (AvgIpc) is 2.95. The Morgan fingerprint density at radius 3 is 2.27 bits per heavy atom. The summed E-state index contributed by atoms with van der Waals surface area (Å²) in [5.41, 5.74) is -0.572. The molecule has 1 atom stereocenters. The lowest BCUT2D eigenvalue weighted by molar-refractivity contribution is -0.140. The molecule has 0 aliphatic carbocycles. The number of benzene rings is 2. The normalized spacial score (nSPS) is 20.8. The topological polar surface area (TPSA) is 54.5 Å².